The van der Waals surface area contributed by atoms with Gasteiger partial charge in [0.25, 0.3) is 5.91 Å². The van der Waals surface area contributed by atoms with Crippen molar-refractivity contribution in [2.24, 2.45) is 0 Å². The molecule has 0 bridgehead atoms. The first-order chi connectivity index (χ1) is 19.1. The van der Waals surface area contributed by atoms with E-state index in [0.29, 0.717) is 25.4 Å². The molecule has 0 radical (unpaired) electrons. The molecule has 0 unspecified atom stereocenters. The molecule has 2 aromatic carbocycles. The largest absolute Gasteiger partial charge is 0.416 e. The summed E-state index contributed by atoms with van der Waals surface area (Å²) in [4.78, 5) is 31.4. The number of likely N-dealkylation sites (tertiary alicyclic amines) is 1. The Morgan fingerprint density at radius 3 is 2.52 bits per heavy atom. The predicted octanol–water partition coefficient (Wildman–Crippen LogP) is 4.58. The summed E-state index contributed by atoms with van der Waals surface area (Å²) < 4.78 is 38.7. The van der Waals surface area contributed by atoms with Gasteiger partial charge in [0, 0.05) is 47.9 Å². The lowest BCUT2D eigenvalue weighted by molar-refractivity contribution is -0.137. The van der Waals surface area contributed by atoms with Gasteiger partial charge in [-0.25, -0.2) is 4.98 Å². The van der Waals surface area contributed by atoms with Crippen molar-refractivity contribution in [3.05, 3.63) is 76.8 Å². The predicted molar refractivity (Wildman–Crippen MR) is 146 cm³/mol. The monoisotopic (exact) mass is 572 g/mol. The number of rotatable bonds is 7. The molecular formula is C29H31F3N4O3S. The Labute approximate surface area is 234 Å². The number of benzene rings is 2. The van der Waals surface area contributed by atoms with E-state index in [1.54, 1.807) is 17.5 Å². The Balaban J connectivity index is 1.06. The van der Waals surface area contributed by atoms with Gasteiger partial charge in [0.1, 0.15) is 5.01 Å². The number of halogens is 3. The average molecular weight is 573 g/mol. The van der Waals surface area contributed by atoms with Crippen LogP contribution in [-0.4, -0.2) is 58.5 Å². The van der Waals surface area contributed by atoms with Crippen molar-refractivity contribution in [2.45, 2.75) is 56.0 Å². The standard InChI is InChI=1S/C29H31F3N4O3S/c30-29(31,32)22-3-1-2-20(16-22)26(38)34-17-25(37)35-23-10-14-36(18-23)24-8-11-28(39,12-9-24)21-6-4-19(5-7-21)27-33-13-15-40-27/h1-7,13,15-16,23-24,39H,8-12,14,17-18H2,(H,34,38)(H,35,37)/t23-,24?,28?/m1/s1. The van der Waals surface area contributed by atoms with E-state index in [2.05, 4.69) is 20.5 Å². The number of aliphatic hydroxyl groups is 1. The highest BCUT2D eigenvalue weighted by Gasteiger charge is 2.38. The van der Waals surface area contributed by atoms with Crippen LogP contribution in [-0.2, 0) is 16.6 Å². The third-order valence-electron chi connectivity index (χ3n) is 7.85. The zero-order valence-corrected chi connectivity index (χ0v) is 22.6. The molecule has 3 N–H and O–H groups in total. The molecule has 1 aliphatic heterocycles. The van der Waals surface area contributed by atoms with Crippen molar-refractivity contribution in [1.29, 1.82) is 0 Å². The zero-order chi connectivity index (χ0) is 28.3. The molecule has 2 heterocycles. The summed E-state index contributed by atoms with van der Waals surface area (Å²) in [5.41, 5.74) is 0.0356. The average Bonchev–Trinajstić information content (AvgIpc) is 3.65. The maximum absolute atomic E-state index is 12.9. The van der Waals surface area contributed by atoms with Crippen LogP contribution in [0.1, 0.15) is 53.6 Å². The maximum Gasteiger partial charge on any atom is 0.416 e. The summed E-state index contributed by atoms with van der Waals surface area (Å²) in [6.45, 7) is 1.19. The number of hydrogen-bond acceptors (Lipinski definition) is 6. The third kappa shape index (κ3) is 6.54. The number of amides is 2. The van der Waals surface area contributed by atoms with Gasteiger partial charge in [-0.3, -0.25) is 14.5 Å². The Kier molecular flexibility index (Phi) is 8.25. The van der Waals surface area contributed by atoms with Gasteiger partial charge in [-0.1, -0.05) is 30.3 Å². The fraction of sp³-hybridized carbons (Fsp3) is 0.414. The molecule has 212 valence electrons. The molecule has 5 rings (SSSR count). The van der Waals surface area contributed by atoms with Crippen molar-refractivity contribution >= 4 is 23.2 Å². The highest BCUT2D eigenvalue weighted by atomic mass is 32.1. The number of nitrogens with zero attached hydrogens (tertiary/aromatic N) is 2. The van der Waals surface area contributed by atoms with Crippen molar-refractivity contribution in [3.8, 4) is 10.6 Å². The summed E-state index contributed by atoms with van der Waals surface area (Å²) in [5, 5.41) is 19.6. The first-order valence-electron chi connectivity index (χ1n) is 13.3. The van der Waals surface area contributed by atoms with Crippen LogP contribution in [0.25, 0.3) is 10.6 Å². The number of carbonyl (C=O) groups is 2. The van der Waals surface area contributed by atoms with Crippen LogP contribution in [0.2, 0.25) is 0 Å². The number of hydrogen-bond donors (Lipinski definition) is 3. The molecule has 2 amide bonds. The van der Waals surface area contributed by atoms with Gasteiger partial charge in [-0.15, -0.1) is 11.3 Å². The topological polar surface area (TPSA) is 94.6 Å². The van der Waals surface area contributed by atoms with Crippen molar-refractivity contribution < 1.29 is 27.9 Å². The van der Waals surface area contributed by atoms with E-state index in [0.717, 1.165) is 60.1 Å². The smallest absolute Gasteiger partial charge is 0.385 e. The van der Waals surface area contributed by atoms with Crippen LogP contribution in [0, 0.1) is 0 Å². The fourth-order valence-corrected chi connectivity index (χ4v) is 6.28. The molecule has 7 nitrogen and oxygen atoms in total. The highest BCUT2D eigenvalue weighted by Crippen LogP contribution is 2.40. The summed E-state index contributed by atoms with van der Waals surface area (Å²) in [6.07, 6.45) is 1.00. The Morgan fingerprint density at radius 2 is 1.85 bits per heavy atom. The van der Waals surface area contributed by atoms with Gasteiger partial charge >= 0.3 is 6.18 Å². The van der Waals surface area contributed by atoms with Gasteiger partial charge < -0.3 is 15.7 Å². The molecule has 11 heteroatoms. The second kappa shape index (κ2) is 11.7. The minimum Gasteiger partial charge on any atom is -0.385 e. The number of thiazole rings is 1. The van der Waals surface area contributed by atoms with Gasteiger partial charge in [-0.05, 0) is 55.9 Å². The van der Waals surface area contributed by atoms with Gasteiger partial charge in [-0.2, -0.15) is 13.2 Å². The number of carbonyl (C=O) groups excluding carboxylic acids is 2. The fourth-order valence-electron chi connectivity index (χ4n) is 5.64. The molecule has 2 aliphatic rings. The van der Waals surface area contributed by atoms with Crippen molar-refractivity contribution in [1.82, 2.24) is 20.5 Å². The van der Waals surface area contributed by atoms with Crippen LogP contribution in [0.3, 0.4) is 0 Å². The van der Waals surface area contributed by atoms with Crippen molar-refractivity contribution in [2.75, 3.05) is 19.6 Å². The first kappa shape index (κ1) is 28.3. The maximum atomic E-state index is 12.9. The molecule has 0 spiro atoms. The number of alkyl halides is 3. The SMILES string of the molecule is O=C(CNC(=O)c1cccc(C(F)(F)F)c1)N[C@@H]1CCN(C2CCC(O)(c3ccc(-c4nccs4)cc3)CC2)C1. The lowest BCUT2D eigenvalue weighted by Crippen LogP contribution is -2.45. The third-order valence-corrected chi connectivity index (χ3v) is 8.67. The normalized spacial score (nSPS) is 23.6. The van der Waals surface area contributed by atoms with Gasteiger partial charge in [0.15, 0.2) is 0 Å². The minimum absolute atomic E-state index is 0.0721. The van der Waals surface area contributed by atoms with Crippen LogP contribution >= 0.6 is 11.3 Å². The quantitative estimate of drug-likeness (QED) is 0.386. The Bertz CT molecular complexity index is 1320. The molecule has 1 aromatic heterocycles. The molecular weight excluding hydrogens is 541 g/mol. The number of aromatic nitrogens is 1. The molecule has 1 aliphatic carbocycles. The number of nitrogens with one attached hydrogen (secondary N) is 2. The Hall–Kier alpha value is -3.28. The van der Waals surface area contributed by atoms with Crippen LogP contribution < -0.4 is 10.6 Å². The van der Waals surface area contributed by atoms with E-state index < -0.39 is 23.2 Å². The molecule has 1 saturated heterocycles. The van der Waals surface area contributed by atoms with E-state index in [4.69, 9.17) is 0 Å². The van der Waals surface area contributed by atoms with Gasteiger partial charge in [0.2, 0.25) is 5.91 Å². The van der Waals surface area contributed by atoms with Crippen LogP contribution in [0.15, 0.2) is 60.1 Å². The summed E-state index contributed by atoms with van der Waals surface area (Å²) >= 11 is 1.58. The van der Waals surface area contributed by atoms with E-state index in [1.165, 1.54) is 6.07 Å². The molecule has 40 heavy (non-hydrogen) atoms. The summed E-state index contributed by atoms with van der Waals surface area (Å²) in [6, 6.07) is 12.3. The summed E-state index contributed by atoms with van der Waals surface area (Å²) in [7, 11) is 0. The van der Waals surface area contributed by atoms with Crippen LogP contribution in [0.4, 0.5) is 13.2 Å². The van der Waals surface area contributed by atoms with E-state index in [9.17, 15) is 27.9 Å². The van der Waals surface area contributed by atoms with E-state index in [-0.39, 0.29) is 24.1 Å². The van der Waals surface area contributed by atoms with E-state index >= 15 is 0 Å². The first-order valence-corrected chi connectivity index (χ1v) is 14.2. The second-order valence-corrected chi connectivity index (χ2v) is 11.4. The lowest BCUT2D eigenvalue weighted by atomic mass is 9.77. The molecule has 1 atom stereocenters. The molecule has 1 saturated carbocycles. The zero-order valence-electron chi connectivity index (χ0n) is 21.8. The van der Waals surface area contributed by atoms with Gasteiger partial charge in [0.05, 0.1) is 17.7 Å². The second-order valence-electron chi connectivity index (χ2n) is 10.5. The molecule has 3 aromatic rings. The summed E-state index contributed by atoms with van der Waals surface area (Å²) in [5.74, 6) is -1.12. The van der Waals surface area contributed by atoms with Crippen molar-refractivity contribution in [3.63, 3.8) is 0 Å². The van der Waals surface area contributed by atoms with Crippen LogP contribution in [0.5, 0.6) is 0 Å². The minimum atomic E-state index is -4.55. The lowest BCUT2D eigenvalue weighted by Gasteiger charge is -2.40. The molecule has 2 fully saturated rings. The highest BCUT2D eigenvalue weighted by molar-refractivity contribution is 7.13. The Morgan fingerprint density at radius 1 is 1.10 bits per heavy atom. The van der Waals surface area contributed by atoms with E-state index in [1.807, 2.05) is 29.6 Å².